The van der Waals surface area contributed by atoms with Crippen LogP contribution in [-0.2, 0) is 15.5 Å². The second-order valence-electron chi connectivity index (χ2n) is 3.35. The molecular formula is C11H7BrF2O3. The number of ether oxygens (including phenoxy) is 2. The van der Waals surface area contributed by atoms with Crippen molar-refractivity contribution in [3.05, 3.63) is 40.1 Å². The van der Waals surface area contributed by atoms with Gasteiger partial charge in [0.05, 0.1) is 18.7 Å². The summed E-state index contributed by atoms with van der Waals surface area (Å²) in [5.74, 6) is -4.90. The highest BCUT2D eigenvalue weighted by Gasteiger charge is 2.47. The van der Waals surface area contributed by atoms with Gasteiger partial charge in [0.2, 0.25) is 0 Å². The molecule has 1 aliphatic rings. The fourth-order valence-corrected chi connectivity index (χ4v) is 1.80. The molecule has 1 aromatic carbocycles. The summed E-state index contributed by atoms with van der Waals surface area (Å²) < 4.78 is 37.5. The quantitative estimate of drug-likeness (QED) is 0.591. The highest BCUT2D eigenvalue weighted by atomic mass is 79.9. The number of carbonyl (C=O) groups is 1. The molecule has 1 aliphatic heterocycles. The molecule has 0 aliphatic carbocycles. The van der Waals surface area contributed by atoms with Gasteiger partial charge < -0.3 is 9.47 Å². The third kappa shape index (κ3) is 2.04. The summed E-state index contributed by atoms with van der Waals surface area (Å²) in [6, 6.07) is 4.24. The van der Waals surface area contributed by atoms with Gasteiger partial charge in [-0.25, -0.2) is 4.79 Å². The van der Waals surface area contributed by atoms with Crippen molar-refractivity contribution in [2.24, 2.45) is 0 Å². The van der Waals surface area contributed by atoms with Crippen molar-refractivity contribution >= 4 is 21.9 Å². The van der Waals surface area contributed by atoms with Gasteiger partial charge in [0, 0.05) is 4.47 Å². The van der Waals surface area contributed by atoms with Gasteiger partial charge >= 0.3 is 11.9 Å². The SMILES string of the molecule is COC(=O)/C=C1/Oc2ccc(Br)cc2C1(F)F. The maximum Gasteiger partial charge on any atom is 0.334 e. The maximum absolute atomic E-state index is 13.9. The number of hydrogen-bond donors (Lipinski definition) is 0. The number of fused-ring (bicyclic) bond motifs is 1. The molecule has 1 heterocycles. The van der Waals surface area contributed by atoms with E-state index in [1.54, 1.807) is 6.07 Å². The Morgan fingerprint density at radius 1 is 1.53 bits per heavy atom. The molecule has 0 saturated heterocycles. The number of alkyl halides is 2. The molecule has 3 nitrogen and oxygen atoms in total. The second-order valence-corrected chi connectivity index (χ2v) is 4.26. The molecule has 17 heavy (non-hydrogen) atoms. The molecule has 90 valence electrons. The van der Waals surface area contributed by atoms with E-state index < -0.39 is 17.7 Å². The fourth-order valence-electron chi connectivity index (χ4n) is 1.44. The first-order valence-electron chi connectivity index (χ1n) is 4.61. The van der Waals surface area contributed by atoms with Crippen molar-refractivity contribution < 1.29 is 23.0 Å². The third-order valence-corrected chi connectivity index (χ3v) is 2.75. The molecule has 0 atom stereocenters. The van der Waals surface area contributed by atoms with Gasteiger partial charge in [0.1, 0.15) is 5.75 Å². The third-order valence-electron chi connectivity index (χ3n) is 2.26. The van der Waals surface area contributed by atoms with Gasteiger partial charge in [-0.15, -0.1) is 0 Å². The minimum atomic E-state index is -3.33. The van der Waals surface area contributed by atoms with Crippen LogP contribution < -0.4 is 4.74 Å². The van der Waals surface area contributed by atoms with Crippen LogP contribution in [0.3, 0.4) is 0 Å². The van der Waals surface area contributed by atoms with E-state index in [-0.39, 0.29) is 11.3 Å². The van der Waals surface area contributed by atoms with Gasteiger partial charge in [0.25, 0.3) is 0 Å². The molecule has 2 rings (SSSR count). The van der Waals surface area contributed by atoms with Crippen molar-refractivity contribution in [3.63, 3.8) is 0 Å². The first-order chi connectivity index (χ1) is 7.95. The number of hydrogen-bond acceptors (Lipinski definition) is 3. The monoisotopic (exact) mass is 304 g/mol. The number of esters is 1. The highest BCUT2D eigenvalue weighted by molar-refractivity contribution is 9.10. The standard InChI is InChI=1S/C11H7BrF2O3/c1-16-10(15)5-9-11(13,14)7-4-6(12)2-3-8(7)17-9/h2-5H,1H3/b9-5+. The predicted molar refractivity (Wildman–Crippen MR) is 58.8 cm³/mol. The molecule has 6 heteroatoms. The maximum atomic E-state index is 13.9. The van der Waals surface area contributed by atoms with E-state index in [0.29, 0.717) is 10.5 Å². The lowest BCUT2D eigenvalue weighted by Crippen LogP contribution is -2.14. The zero-order valence-corrected chi connectivity index (χ0v) is 10.3. The van der Waals surface area contributed by atoms with E-state index >= 15 is 0 Å². The number of allylic oxidation sites excluding steroid dienone is 1. The van der Waals surface area contributed by atoms with E-state index in [0.717, 1.165) is 7.11 Å². The van der Waals surface area contributed by atoms with E-state index in [9.17, 15) is 13.6 Å². The Labute approximate surface area is 104 Å². The van der Waals surface area contributed by atoms with Crippen LogP contribution in [0.2, 0.25) is 0 Å². The molecule has 1 aromatic rings. The topological polar surface area (TPSA) is 35.5 Å². The Hall–Kier alpha value is -1.43. The number of benzene rings is 1. The Kier molecular flexibility index (Phi) is 2.91. The first-order valence-corrected chi connectivity index (χ1v) is 5.40. The minimum Gasteiger partial charge on any atom is -0.466 e. The van der Waals surface area contributed by atoms with Crippen molar-refractivity contribution in [1.29, 1.82) is 0 Å². The van der Waals surface area contributed by atoms with Crippen LogP contribution in [0.5, 0.6) is 5.75 Å². The summed E-state index contributed by atoms with van der Waals surface area (Å²) in [6.07, 6.45) is 0.647. The smallest absolute Gasteiger partial charge is 0.334 e. The summed E-state index contributed by atoms with van der Waals surface area (Å²) in [7, 11) is 1.11. The Morgan fingerprint density at radius 2 is 2.24 bits per heavy atom. The van der Waals surface area contributed by atoms with Gasteiger partial charge in [-0.05, 0) is 18.2 Å². The summed E-state index contributed by atoms with van der Waals surface area (Å²) in [5.41, 5.74) is -0.276. The second kappa shape index (κ2) is 4.10. The van der Waals surface area contributed by atoms with Crippen LogP contribution in [0.25, 0.3) is 0 Å². The summed E-state index contributed by atoms with van der Waals surface area (Å²) in [4.78, 5) is 11.0. The van der Waals surface area contributed by atoms with E-state index in [1.165, 1.54) is 12.1 Å². The van der Waals surface area contributed by atoms with E-state index in [2.05, 4.69) is 20.7 Å². The van der Waals surface area contributed by atoms with Crippen molar-refractivity contribution in [3.8, 4) is 5.75 Å². The van der Waals surface area contributed by atoms with Crippen LogP contribution >= 0.6 is 15.9 Å². The van der Waals surface area contributed by atoms with Crippen LogP contribution in [0, 0.1) is 0 Å². The van der Waals surface area contributed by atoms with Crippen molar-refractivity contribution in [1.82, 2.24) is 0 Å². The summed E-state index contributed by atoms with van der Waals surface area (Å²) in [5, 5.41) is 0. The fraction of sp³-hybridized carbons (Fsp3) is 0.182. The first kappa shape index (κ1) is 12.0. The number of halogens is 3. The van der Waals surface area contributed by atoms with Crippen LogP contribution in [0.4, 0.5) is 8.78 Å². The normalized spacial score (nSPS) is 18.7. The Morgan fingerprint density at radius 3 is 2.88 bits per heavy atom. The Bertz CT molecular complexity index is 511. The highest BCUT2D eigenvalue weighted by Crippen LogP contribution is 2.48. The van der Waals surface area contributed by atoms with Gasteiger partial charge in [-0.3, -0.25) is 0 Å². The molecule has 0 saturated carbocycles. The summed E-state index contributed by atoms with van der Waals surface area (Å²) >= 11 is 3.10. The zero-order chi connectivity index (χ0) is 12.6. The average Bonchev–Trinajstić information content (AvgIpc) is 2.52. The predicted octanol–water partition coefficient (Wildman–Crippen LogP) is 2.99. The van der Waals surface area contributed by atoms with Crippen LogP contribution in [0.15, 0.2) is 34.5 Å². The lowest BCUT2D eigenvalue weighted by molar-refractivity contribution is -0.135. The minimum absolute atomic E-state index is 0.0355. The van der Waals surface area contributed by atoms with Crippen LogP contribution in [0.1, 0.15) is 5.56 Å². The Balaban J connectivity index is 2.47. The lowest BCUT2D eigenvalue weighted by Gasteiger charge is -2.08. The average molecular weight is 305 g/mol. The van der Waals surface area contributed by atoms with E-state index in [1.807, 2.05) is 0 Å². The molecule has 0 N–H and O–H groups in total. The number of rotatable bonds is 1. The lowest BCUT2D eigenvalue weighted by atomic mass is 10.1. The largest absolute Gasteiger partial charge is 0.466 e. The number of carbonyl (C=O) groups excluding carboxylic acids is 1. The molecule has 0 bridgehead atoms. The van der Waals surface area contributed by atoms with Gasteiger partial charge in [0.15, 0.2) is 5.76 Å². The molecule has 0 fully saturated rings. The van der Waals surface area contributed by atoms with Crippen molar-refractivity contribution in [2.45, 2.75) is 5.92 Å². The molecule has 0 radical (unpaired) electrons. The summed E-state index contributed by atoms with van der Waals surface area (Å²) in [6.45, 7) is 0. The molecular weight excluding hydrogens is 298 g/mol. The molecule has 0 amide bonds. The van der Waals surface area contributed by atoms with Crippen molar-refractivity contribution in [2.75, 3.05) is 7.11 Å². The zero-order valence-electron chi connectivity index (χ0n) is 8.67. The van der Waals surface area contributed by atoms with Crippen LogP contribution in [-0.4, -0.2) is 13.1 Å². The molecule has 0 aromatic heterocycles. The number of methoxy groups -OCH3 is 1. The van der Waals surface area contributed by atoms with E-state index in [4.69, 9.17) is 4.74 Å². The van der Waals surface area contributed by atoms with Gasteiger partial charge in [-0.2, -0.15) is 8.78 Å². The van der Waals surface area contributed by atoms with Gasteiger partial charge in [-0.1, -0.05) is 15.9 Å². The molecule has 0 spiro atoms. The molecule has 0 unspecified atom stereocenters.